The zero-order valence-electron chi connectivity index (χ0n) is 15.4. The molecule has 1 N–H and O–H groups in total. The summed E-state index contributed by atoms with van der Waals surface area (Å²) >= 11 is 0. The van der Waals surface area contributed by atoms with E-state index in [2.05, 4.69) is 72.7 Å². The minimum atomic E-state index is -0.947. The topological polar surface area (TPSA) is 26.5 Å². The Hall–Kier alpha value is -2.13. The number of anilines is 1. The second kappa shape index (κ2) is 5.99. The van der Waals surface area contributed by atoms with Gasteiger partial charge in [0.1, 0.15) is 5.69 Å². The molecule has 0 spiro atoms. The first-order valence-corrected chi connectivity index (χ1v) is 9.27. The van der Waals surface area contributed by atoms with E-state index in [1.807, 2.05) is 0 Å². The summed E-state index contributed by atoms with van der Waals surface area (Å²) in [5, 5.41) is 11.8. The van der Waals surface area contributed by atoms with E-state index >= 15 is 0 Å². The molecule has 0 saturated heterocycles. The fraction of sp³-hybridized carbons (Fsp3) is 0.409. The Balaban J connectivity index is 1.83. The van der Waals surface area contributed by atoms with Gasteiger partial charge in [0.25, 0.3) is 11.6 Å². The van der Waals surface area contributed by atoms with E-state index in [-0.39, 0.29) is 0 Å². The Kier molecular flexibility index (Phi) is 3.92. The van der Waals surface area contributed by atoms with Crippen LogP contribution in [0.5, 0.6) is 0 Å². The van der Waals surface area contributed by atoms with Crippen molar-refractivity contribution in [3.05, 3.63) is 64.7 Å². The van der Waals surface area contributed by atoms with Gasteiger partial charge in [-0.25, -0.2) is 9.48 Å². The molecule has 2 heterocycles. The summed E-state index contributed by atoms with van der Waals surface area (Å²) in [7, 11) is 0. The molecule has 3 heteroatoms. The summed E-state index contributed by atoms with van der Waals surface area (Å²) in [4.78, 5) is 2.32. The quantitative estimate of drug-likeness (QED) is 0.843. The molecule has 0 radical (unpaired) electrons. The van der Waals surface area contributed by atoms with Gasteiger partial charge in [-0.15, -0.1) is 0 Å². The molecule has 2 aromatic carbocycles. The molecule has 0 aromatic heterocycles. The Morgan fingerprint density at radius 1 is 1.00 bits per heavy atom. The summed E-state index contributed by atoms with van der Waals surface area (Å²) in [5.74, 6) is 1.26. The largest absolute Gasteiger partial charge is 0.346 e. The monoisotopic (exact) mass is 335 g/mol. The van der Waals surface area contributed by atoms with E-state index in [0.717, 1.165) is 24.9 Å². The van der Waals surface area contributed by atoms with E-state index in [0.29, 0.717) is 6.54 Å². The third kappa shape index (κ3) is 2.67. The second-order valence-corrected chi connectivity index (χ2v) is 7.59. The number of rotatable bonds is 2. The number of aliphatic hydroxyl groups is 1. The van der Waals surface area contributed by atoms with E-state index in [1.54, 1.807) is 0 Å². The van der Waals surface area contributed by atoms with Gasteiger partial charge in [-0.05, 0) is 56.9 Å². The lowest BCUT2D eigenvalue weighted by molar-refractivity contribution is -0.661. The summed E-state index contributed by atoms with van der Waals surface area (Å²) in [6, 6.07) is 15.0. The van der Waals surface area contributed by atoms with Crippen LogP contribution in [0.2, 0.25) is 0 Å². The Morgan fingerprint density at radius 2 is 1.80 bits per heavy atom. The maximum Gasteiger partial charge on any atom is 0.271 e. The molecular weight excluding hydrogens is 308 g/mol. The van der Waals surface area contributed by atoms with Crippen LogP contribution in [0, 0.1) is 20.8 Å². The minimum Gasteiger partial charge on any atom is -0.346 e. The van der Waals surface area contributed by atoms with E-state index in [1.165, 1.54) is 34.6 Å². The molecule has 2 aliphatic rings. The van der Waals surface area contributed by atoms with Crippen molar-refractivity contribution in [1.82, 2.24) is 0 Å². The lowest BCUT2D eigenvalue weighted by Crippen LogP contribution is -2.42. The van der Waals surface area contributed by atoms with Crippen molar-refractivity contribution in [1.29, 1.82) is 0 Å². The van der Waals surface area contributed by atoms with Gasteiger partial charge in [0.15, 0.2) is 6.54 Å². The van der Waals surface area contributed by atoms with Crippen LogP contribution < -0.4 is 4.90 Å². The molecule has 3 nitrogen and oxygen atoms in total. The predicted octanol–water partition coefficient (Wildman–Crippen LogP) is 3.87. The van der Waals surface area contributed by atoms with Gasteiger partial charge in [0.2, 0.25) is 0 Å². The molecule has 0 unspecified atom stereocenters. The maximum atomic E-state index is 11.8. The average molecular weight is 335 g/mol. The van der Waals surface area contributed by atoms with Crippen molar-refractivity contribution >= 4 is 11.5 Å². The van der Waals surface area contributed by atoms with Crippen molar-refractivity contribution in [3.8, 4) is 0 Å². The Labute approximate surface area is 150 Å². The van der Waals surface area contributed by atoms with Crippen molar-refractivity contribution in [2.45, 2.75) is 45.8 Å². The fourth-order valence-corrected chi connectivity index (χ4v) is 4.42. The highest BCUT2D eigenvalue weighted by Crippen LogP contribution is 2.37. The summed E-state index contributed by atoms with van der Waals surface area (Å²) < 4.78 is 2.25. The number of aryl methyl sites for hydroxylation is 3. The third-order valence-electron chi connectivity index (χ3n) is 5.61. The smallest absolute Gasteiger partial charge is 0.271 e. The molecule has 25 heavy (non-hydrogen) atoms. The number of nitrogens with zero attached hydrogens (tertiary/aromatic N) is 2. The first-order chi connectivity index (χ1) is 12.0. The molecule has 0 bridgehead atoms. The van der Waals surface area contributed by atoms with E-state index in [9.17, 15) is 5.11 Å². The molecule has 1 atom stereocenters. The lowest BCUT2D eigenvalue weighted by Gasteiger charge is -2.26. The van der Waals surface area contributed by atoms with Gasteiger partial charge in [0.05, 0.1) is 6.54 Å². The summed E-state index contributed by atoms with van der Waals surface area (Å²) in [6.45, 7) is 7.85. The Morgan fingerprint density at radius 3 is 2.56 bits per heavy atom. The van der Waals surface area contributed by atoms with Gasteiger partial charge in [-0.1, -0.05) is 35.9 Å². The third-order valence-corrected chi connectivity index (χ3v) is 5.61. The molecule has 0 saturated carbocycles. The van der Waals surface area contributed by atoms with Gasteiger partial charge in [-0.2, -0.15) is 0 Å². The fourth-order valence-electron chi connectivity index (χ4n) is 4.42. The van der Waals surface area contributed by atoms with Crippen LogP contribution in [0.4, 0.5) is 5.69 Å². The number of β-amino-alcohol motifs (C(OH)–C–C–N with tert-alkyl or cyclic N) is 1. The van der Waals surface area contributed by atoms with Gasteiger partial charge < -0.3 is 5.11 Å². The van der Waals surface area contributed by atoms with Crippen LogP contribution in [-0.4, -0.2) is 28.6 Å². The van der Waals surface area contributed by atoms with Gasteiger partial charge in [0, 0.05) is 12.0 Å². The number of amidine groups is 1. The van der Waals surface area contributed by atoms with Crippen LogP contribution >= 0.6 is 0 Å². The zero-order valence-corrected chi connectivity index (χ0v) is 15.4. The average Bonchev–Trinajstić information content (AvgIpc) is 2.89. The van der Waals surface area contributed by atoms with Crippen LogP contribution in [0.1, 0.15) is 41.5 Å². The minimum absolute atomic E-state index is 0.593. The second-order valence-electron chi connectivity index (χ2n) is 7.59. The number of benzene rings is 2. The van der Waals surface area contributed by atoms with E-state index in [4.69, 9.17) is 0 Å². The summed E-state index contributed by atoms with van der Waals surface area (Å²) in [5.41, 5.74) is 4.93. The normalized spacial score (nSPS) is 23.1. The highest BCUT2D eigenvalue weighted by molar-refractivity contribution is 5.96. The van der Waals surface area contributed by atoms with Gasteiger partial charge in [-0.3, -0.25) is 0 Å². The van der Waals surface area contributed by atoms with Crippen molar-refractivity contribution in [2.75, 3.05) is 18.0 Å². The number of hydrogen-bond acceptors (Lipinski definition) is 2. The maximum absolute atomic E-state index is 11.8. The molecule has 0 amide bonds. The molecule has 130 valence electrons. The van der Waals surface area contributed by atoms with Crippen LogP contribution in [0.25, 0.3) is 0 Å². The van der Waals surface area contributed by atoms with Gasteiger partial charge >= 0.3 is 0 Å². The SMILES string of the molecule is Cc1cccc(N2C[C@@](O)(c3ccc(C)cc3C)[N+]3=C2CCCC3)c1. The van der Waals surface area contributed by atoms with Crippen molar-refractivity contribution in [2.24, 2.45) is 0 Å². The highest BCUT2D eigenvalue weighted by atomic mass is 16.3. The first-order valence-electron chi connectivity index (χ1n) is 9.27. The molecule has 2 aliphatic heterocycles. The Bertz CT molecular complexity index is 855. The zero-order chi connectivity index (χ0) is 17.6. The standard InChI is InChI=1S/C22H27N2O/c1-16-7-6-8-19(14-16)23-15-22(25,24-12-5-4-9-21(23)24)20-11-10-17(2)13-18(20)3/h6-8,10-11,13-14,25H,4-5,9,12,15H2,1-3H3/q+1/t22-/m1/s1. The van der Waals surface area contributed by atoms with Crippen molar-refractivity contribution < 1.29 is 9.68 Å². The van der Waals surface area contributed by atoms with Crippen LogP contribution in [0.15, 0.2) is 42.5 Å². The van der Waals surface area contributed by atoms with Crippen LogP contribution in [-0.2, 0) is 5.72 Å². The number of hydrogen-bond donors (Lipinski definition) is 1. The molecule has 4 rings (SSSR count). The first kappa shape index (κ1) is 16.3. The van der Waals surface area contributed by atoms with Crippen molar-refractivity contribution in [3.63, 3.8) is 0 Å². The van der Waals surface area contributed by atoms with E-state index < -0.39 is 5.72 Å². The summed E-state index contributed by atoms with van der Waals surface area (Å²) in [6.07, 6.45) is 3.36. The molecule has 2 aromatic rings. The molecule has 0 fully saturated rings. The highest BCUT2D eigenvalue weighted by Gasteiger charge is 2.53. The molecular formula is C22H27N2O+. The lowest BCUT2D eigenvalue weighted by atomic mass is 9.95. The predicted molar refractivity (Wildman–Crippen MR) is 102 cm³/mol. The van der Waals surface area contributed by atoms with Crippen LogP contribution in [0.3, 0.4) is 0 Å². The molecule has 0 aliphatic carbocycles.